The summed E-state index contributed by atoms with van der Waals surface area (Å²) in [5.74, 6) is 0.159. The Kier molecular flexibility index (Phi) is 6.23. The first-order valence-electron chi connectivity index (χ1n) is 9.29. The molecule has 4 aromatic carbocycles. The normalized spacial score (nSPS) is 11.8. The lowest BCUT2D eigenvalue weighted by Gasteiger charge is -2.10. The van der Waals surface area contributed by atoms with Gasteiger partial charge in [-0.05, 0) is 84.9 Å². The molecule has 5 heteroatoms. The second-order valence-electron chi connectivity index (χ2n) is 6.56. The Bertz CT molecular complexity index is 1120. The molecule has 0 fully saturated rings. The lowest BCUT2D eigenvalue weighted by Crippen LogP contribution is -2.04. The number of benzene rings is 4. The summed E-state index contributed by atoms with van der Waals surface area (Å²) in [6.45, 7) is 0. The Morgan fingerprint density at radius 3 is 1.70 bits per heavy atom. The van der Waals surface area contributed by atoms with Crippen molar-refractivity contribution in [3.8, 4) is 5.75 Å². The summed E-state index contributed by atoms with van der Waals surface area (Å²) in [7, 11) is 0. The van der Waals surface area contributed by atoms with Gasteiger partial charge in [0.1, 0.15) is 5.75 Å². The van der Waals surface area contributed by atoms with Crippen LogP contribution in [0.3, 0.4) is 0 Å². The van der Waals surface area contributed by atoms with Crippen LogP contribution in [0.2, 0.25) is 0 Å². The monoisotopic (exact) mass is 430 g/mol. The van der Waals surface area contributed by atoms with E-state index in [0.717, 1.165) is 14.7 Å². The van der Waals surface area contributed by atoms with Crippen LogP contribution in [0.15, 0.2) is 123 Å². The number of hydrogen-bond donors (Lipinski definition) is 1. The van der Waals surface area contributed by atoms with Crippen molar-refractivity contribution in [2.24, 2.45) is 0 Å². The van der Waals surface area contributed by atoms with Crippen LogP contribution in [0.5, 0.6) is 5.75 Å². The minimum atomic E-state index is -1.27. The highest BCUT2D eigenvalue weighted by molar-refractivity contribution is 7.99. The molecule has 1 unspecified atom stereocenters. The largest absolute Gasteiger partial charge is 0.606 e. The van der Waals surface area contributed by atoms with Gasteiger partial charge >= 0.3 is 0 Å². The summed E-state index contributed by atoms with van der Waals surface area (Å²) in [6.07, 6.45) is 0. The average Bonchev–Trinajstić information content (AvgIpc) is 2.81. The van der Waals surface area contributed by atoms with Crippen LogP contribution in [0, 0.1) is 0 Å². The van der Waals surface area contributed by atoms with Crippen LogP contribution in [0.25, 0.3) is 0 Å². The number of aromatic hydroxyl groups is 1. The Morgan fingerprint density at radius 2 is 1.13 bits per heavy atom. The van der Waals surface area contributed by atoms with Crippen molar-refractivity contribution in [2.45, 2.75) is 19.6 Å². The van der Waals surface area contributed by atoms with E-state index in [9.17, 15) is 14.5 Å². The predicted octanol–water partition coefficient (Wildman–Crippen LogP) is 5.94. The molecular formula is C25H18O3S2. The summed E-state index contributed by atoms with van der Waals surface area (Å²) >= 11 is 0.293. The van der Waals surface area contributed by atoms with Crippen LogP contribution in [0.4, 0.5) is 0 Å². The van der Waals surface area contributed by atoms with Crippen LogP contribution in [-0.4, -0.2) is 15.4 Å². The van der Waals surface area contributed by atoms with Crippen molar-refractivity contribution in [3.05, 3.63) is 114 Å². The van der Waals surface area contributed by atoms with E-state index in [0.29, 0.717) is 16.0 Å². The number of carbonyl (C=O) groups is 1. The second kappa shape index (κ2) is 9.22. The molecule has 1 atom stereocenters. The fourth-order valence-electron chi connectivity index (χ4n) is 2.90. The zero-order valence-electron chi connectivity index (χ0n) is 15.9. The highest BCUT2D eigenvalue weighted by Crippen LogP contribution is 2.29. The molecule has 0 saturated heterocycles. The van der Waals surface area contributed by atoms with Crippen molar-refractivity contribution in [2.75, 3.05) is 0 Å². The molecule has 0 heterocycles. The third-order valence-electron chi connectivity index (χ3n) is 4.48. The second-order valence-corrected chi connectivity index (χ2v) is 9.18. The predicted molar refractivity (Wildman–Crippen MR) is 120 cm³/mol. The molecule has 0 aliphatic carbocycles. The summed E-state index contributed by atoms with van der Waals surface area (Å²) in [4.78, 5) is 16.2. The molecule has 0 amide bonds. The summed E-state index contributed by atoms with van der Waals surface area (Å²) < 4.78 is 12.6. The molecule has 0 aliphatic heterocycles. The molecular weight excluding hydrogens is 412 g/mol. The lowest BCUT2D eigenvalue weighted by atomic mass is 10.0. The Labute approximate surface area is 182 Å². The van der Waals surface area contributed by atoms with Crippen molar-refractivity contribution in [1.82, 2.24) is 0 Å². The molecule has 0 radical (unpaired) electrons. The highest BCUT2D eigenvalue weighted by Gasteiger charge is 2.16. The molecule has 1 N–H and O–H groups in total. The van der Waals surface area contributed by atoms with Gasteiger partial charge in [-0.1, -0.05) is 30.0 Å². The SMILES string of the molecule is O=C(c1ccc(Sc2ccc(O)cc2)cc1)c1ccc([S+]([O-])c2ccccc2)cc1. The quantitative estimate of drug-likeness (QED) is 0.304. The topological polar surface area (TPSA) is 60.4 Å². The first-order chi connectivity index (χ1) is 14.6. The van der Waals surface area contributed by atoms with Gasteiger partial charge in [0.25, 0.3) is 0 Å². The van der Waals surface area contributed by atoms with E-state index in [-0.39, 0.29) is 11.5 Å². The third kappa shape index (κ3) is 4.76. The standard InChI is InChI=1S/C25H18O3S2/c26-20-10-14-22(15-11-20)29-21-12-6-18(7-13-21)25(27)19-8-16-24(17-9-19)30(28)23-4-2-1-3-5-23/h1-17,26H. The number of phenolic OH excluding ortho intramolecular Hbond substituents is 1. The van der Waals surface area contributed by atoms with Crippen molar-refractivity contribution in [3.63, 3.8) is 0 Å². The Morgan fingerprint density at radius 1 is 0.667 bits per heavy atom. The fourth-order valence-corrected chi connectivity index (χ4v) is 4.78. The van der Waals surface area contributed by atoms with Gasteiger partial charge in [-0.3, -0.25) is 4.79 Å². The molecule has 0 bridgehead atoms. The van der Waals surface area contributed by atoms with Crippen molar-refractivity contribution >= 4 is 28.7 Å². The molecule has 3 nitrogen and oxygen atoms in total. The number of rotatable bonds is 6. The molecule has 0 saturated carbocycles. The maximum atomic E-state index is 12.8. The Balaban J connectivity index is 1.45. The molecule has 0 spiro atoms. The maximum absolute atomic E-state index is 12.8. The highest BCUT2D eigenvalue weighted by atomic mass is 32.2. The maximum Gasteiger partial charge on any atom is 0.193 e. The zero-order chi connectivity index (χ0) is 20.9. The van der Waals surface area contributed by atoms with Gasteiger partial charge in [0, 0.05) is 32.1 Å². The van der Waals surface area contributed by atoms with Crippen LogP contribution < -0.4 is 0 Å². The van der Waals surface area contributed by atoms with E-state index in [4.69, 9.17) is 0 Å². The van der Waals surface area contributed by atoms with E-state index in [1.807, 2.05) is 54.6 Å². The van der Waals surface area contributed by atoms with Gasteiger partial charge in [0.15, 0.2) is 15.6 Å². The number of hydrogen-bond acceptors (Lipinski definition) is 4. The molecule has 4 rings (SSSR count). The van der Waals surface area contributed by atoms with E-state index in [1.165, 1.54) is 0 Å². The van der Waals surface area contributed by atoms with Crippen LogP contribution in [0.1, 0.15) is 15.9 Å². The average molecular weight is 431 g/mol. The van der Waals surface area contributed by atoms with Gasteiger partial charge in [0.05, 0.1) is 0 Å². The lowest BCUT2D eigenvalue weighted by molar-refractivity contribution is 0.103. The van der Waals surface area contributed by atoms with E-state index < -0.39 is 11.2 Å². The summed E-state index contributed by atoms with van der Waals surface area (Å²) in [5.41, 5.74) is 1.16. The first kappa shape index (κ1) is 20.3. The van der Waals surface area contributed by atoms with Crippen molar-refractivity contribution in [1.29, 1.82) is 0 Å². The fraction of sp³-hybridized carbons (Fsp3) is 0. The van der Waals surface area contributed by atoms with Crippen LogP contribution >= 0.6 is 11.8 Å². The minimum absolute atomic E-state index is 0.0757. The van der Waals surface area contributed by atoms with Gasteiger partial charge in [0.2, 0.25) is 0 Å². The molecule has 30 heavy (non-hydrogen) atoms. The van der Waals surface area contributed by atoms with Gasteiger partial charge < -0.3 is 9.66 Å². The zero-order valence-corrected chi connectivity index (χ0v) is 17.5. The summed E-state index contributed by atoms with van der Waals surface area (Å²) in [6, 6.07) is 30.6. The third-order valence-corrected chi connectivity index (χ3v) is 6.89. The van der Waals surface area contributed by atoms with Gasteiger partial charge in [-0.15, -0.1) is 0 Å². The molecule has 0 aromatic heterocycles. The Hall–Kier alpha value is -2.99. The van der Waals surface area contributed by atoms with Crippen LogP contribution in [-0.2, 0) is 11.2 Å². The van der Waals surface area contributed by atoms with Gasteiger partial charge in [-0.25, -0.2) is 0 Å². The number of carbonyl (C=O) groups excluding carboxylic acids is 1. The first-order valence-corrected chi connectivity index (χ1v) is 11.3. The number of phenols is 1. The molecule has 0 aliphatic rings. The smallest absolute Gasteiger partial charge is 0.193 e. The van der Waals surface area contributed by atoms with Gasteiger partial charge in [-0.2, -0.15) is 0 Å². The van der Waals surface area contributed by atoms with E-state index >= 15 is 0 Å². The minimum Gasteiger partial charge on any atom is -0.606 e. The number of ketones is 1. The van der Waals surface area contributed by atoms with E-state index in [2.05, 4.69) is 0 Å². The van der Waals surface area contributed by atoms with Crippen molar-refractivity contribution < 1.29 is 14.5 Å². The van der Waals surface area contributed by atoms with E-state index in [1.54, 1.807) is 60.3 Å². The molecule has 148 valence electrons. The summed E-state index contributed by atoms with van der Waals surface area (Å²) in [5, 5.41) is 9.37. The molecule has 4 aromatic rings.